The minimum Gasteiger partial charge on any atom is -0.462 e. The quantitative estimate of drug-likeness (QED) is 0.630. The smallest absolute Gasteiger partial charge is 0.225 e. The third kappa shape index (κ3) is 2.92. The van der Waals surface area contributed by atoms with Crippen molar-refractivity contribution >= 4 is 0 Å². The highest BCUT2D eigenvalue weighted by atomic mass is 16.6. The number of hydrogen-bond donors (Lipinski definition) is 3. The standard InChI is InChI=1S/C11H16O4/c1-7-4-3-5-8(2)10(7)15-11(14)9(13)6-12/h3-5,9,11-14H,6H2,1-2H3. The summed E-state index contributed by atoms with van der Waals surface area (Å²) in [6.07, 6.45) is -2.70. The lowest BCUT2D eigenvalue weighted by Crippen LogP contribution is -2.34. The Kier molecular flexibility index (Phi) is 4.08. The molecule has 84 valence electrons. The zero-order valence-corrected chi connectivity index (χ0v) is 8.84. The lowest BCUT2D eigenvalue weighted by Gasteiger charge is -2.19. The Morgan fingerprint density at radius 1 is 1.20 bits per heavy atom. The highest BCUT2D eigenvalue weighted by Gasteiger charge is 2.18. The van der Waals surface area contributed by atoms with Gasteiger partial charge in [-0.1, -0.05) is 18.2 Å². The molecule has 0 saturated heterocycles. The Hall–Kier alpha value is -1.10. The topological polar surface area (TPSA) is 69.9 Å². The molecule has 0 saturated carbocycles. The molecule has 0 fully saturated rings. The number of rotatable bonds is 4. The van der Waals surface area contributed by atoms with Crippen LogP contribution in [0.2, 0.25) is 0 Å². The third-order valence-electron chi connectivity index (χ3n) is 2.16. The number of ether oxygens (including phenoxy) is 1. The fourth-order valence-corrected chi connectivity index (χ4v) is 1.27. The molecule has 0 bridgehead atoms. The third-order valence-corrected chi connectivity index (χ3v) is 2.16. The Balaban J connectivity index is 2.80. The Labute approximate surface area is 88.8 Å². The van der Waals surface area contributed by atoms with Crippen molar-refractivity contribution in [3.8, 4) is 5.75 Å². The fourth-order valence-electron chi connectivity index (χ4n) is 1.27. The van der Waals surface area contributed by atoms with Crippen LogP contribution in [0.1, 0.15) is 11.1 Å². The lowest BCUT2D eigenvalue weighted by atomic mass is 10.1. The minimum atomic E-state index is -1.41. The van der Waals surface area contributed by atoms with Crippen molar-refractivity contribution in [3.63, 3.8) is 0 Å². The summed E-state index contributed by atoms with van der Waals surface area (Å²) in [5.74, 6) is 0.539. The monoisotopic (exact) mass is 212 g/mol. The Bertz CT molecular complexity index is 304. The molecule has 0 aliphatic rings. The summed E-state index contributed by atoms with van der Waals surface area (Å²) in [5.41, 5.74) is 1.75. The van der Waals surface area contributed by atoms with Crippen LogP contribution in [-0.4, -0.2) is 34.3 Å². The van der Waals surface area contributed by atoms with Crippen molar-refractivity contribution < 1.29 is 20.1 Å². The first-order valence-electron chi connectivity index (χ1n) is 4.76. The second-order valence-corrected chi connectivity index (χ2v) is 3.48. The van der Waals surface area contributed by atoms with E-state index in [1.165, 1.54) is 0 Å². The highest BCUT2D eigenvalue weighted by molar-refractivity contribution is 5.39. The van der Waals surface area contributed by atoms with Gasteiger partial charge in [-0.15, -0.1) is 0 Å². The predicted molar refractivity (Wildman–Crippen MR) is 55.6 cm³/mol. The number of hydrogen-bond acceptors (Lipinski definition) is 4. The number of aliphatic hydroxyl groups excluding tert-OH is 3. The second-order valence-electron chi connectivity index (χ2n) is 3.48. The summed E-state index contributed by atoms with van der Waals surface area (Å²) >= 11 is 0. The molecule has 2 unspecified atom stereocenters. The van der Waals surface area contributed by atoms with E-state index in [2.05, 4.69) is 0 Å². The summed E-state index contributed by atoms with van der Waals surface area (Å²) in [4.78, 5) is 0. The molecule has 2 atom stereocenters. The maximum atomic E-state index is 9.39. The van der Waals surface area contributed by atoms with Crippen molar-refractivity contribution in [1.82, 2.24) is 0 Å². The Morgan fingerprint density at radius 3 is 2.20 bits per heavy atom. The molecule has 0 aromatic heterocycles. The molecule has 0 aliphatic carbocycles. The van der Waals surface area contributed by atoms with E-state index in [1.807, 2.05) is 32.0 Å². The van der Waals surface area contributed by atoms with Crippen molar-refractivity contribution in [2.24, 2.45) is 0 Å². The van der Waals surface area contributed by atoms with Gasteiger partial charge in [0.25, 0.3) is 0 Å². The van der Waals surface area contributed by atoms with Crippen LogP contribution in [0, 0.1) is 13.8 Å². The molecule has 1 rings (SSSR count). The molecular formula is C11H16O4. The minimum absolute atomic E-state index is 0.536. The summed E-state index contributed by atoms with van der Waals surface area (Å²) in [5, 5.41) is 27.2. The number of aryl methyl sites for hydroxylation is 2. The molecule has 0 spiro atoms. The van der Waals surface area contributed by atoms with Gasteiger partial charge in [-0.3, -0.25) is 0 Å². The number of para-hydroxylation sites is 1. The van der Waals surface area contributed by atoms with E-state index in [0.717, 1.165) is 11.1 Å². The van der Waals surface area contributed by atoms with Gasteiger partial charge in [-0.2, -0.15) is 0 Å². The van der Waals surface area contributed by atoms with Crippen LogP contribution in [0.15, 0.2) is 18.2 Å². The lowest BCUT2D eigenvalue weighted by molar-refractivity contribution is -0.118. The Morgan fingerprint density at radius 2 is 1.73 bits per heavy atom. The fraction of sp³-hybridized carbons (Fsp3) is 0.455. The molecule has 0 aliphatic heterocycles. The van der Waals surface area contributed by atoms with Crippen molar-refractivity contribution in [1.29, 1.82) is 0 Å². The largest absolute Gasteiger partial charge is 0.462 e. The highest BCUT2D eigenvalue weighted by Crippen LogP contribution is 2.23. The summed E-state index contributed by atoms with van der Waals surface area (Å²) in [6.45, 7) is 3.16. The second kappa shape index (κ2) is 5.11. The first kappa shape index (κ1) is 12.0. The van der Waals surface area contributed by atoms with Gasteiger partial charge < -0.3 is 20.1 Å². The van der Waals surface area contributed by atoms with Crippen molar-refractivity contribution in [2.45, 2.75) is 26.2 Å². The van der Waals surface area contributed by atoms with Gasteiger partial charge >= 0.3 is 0 Å². The van der Waals surface area contributed by atoms with E-state index in [4.69, 9.17) is 14.9 Å². The van der Waals surface area contributed by atoms with E-state index in [1.54, 1.807) is 0 Å². The van der Waals surface area contributed by atoms with Gasteiger partial charge in [0.15, 0.2) is 0 Å². The molecule has 0 radical (unpaired) electrons. The van der Waals surface area contributed by atoms with Gasteiger partial charge in [0.1, 0.15) is 11.9 Å². The number of aliphatic hydroxyl groups is 3. The molecule has 4 heteroatoms. The van der Waals surface area contributed by atoms with E-state index in [0.29, 0.717) is 5.75 Å². The molecule has 0 heterocycles. The molecule has 1 aromatic rings. The first-order valence-corrected chi connectivity index (χ1v) is 4.76. The van der Waals surface area contributed by atoms with Gasteiger partial charge in [-0.25, -0.2) is 0 Å². The average molecular weight is 212 g/mol. The van der Waals surface area contributed by atoms with E-state index < -0.39 is 19.0 Å². The molecule has 0 amide bonds. The zero-order chi connectivity index (χ0) is 11.4. The van der Waals surface area contributed by atoms with E-state index >= 15 is 0 Å². The SMILES string of the molecule is Cc1cccc(C)c1OC(O)C(O)CO. The molecule has 3 N–H and O–H groups in total. The van der Waals surface area contributed by atoms with Crippen LogP contribution in [0.3, 0.4) is 0 Å². The molecule has 15 heavy (non-hydrogen) atoms. The average Bonchev–Trinajstić information content (AvgIpc) is 2.22. The summed E-state index contributed by atoms with van der Waals surface area (Å²) in [7, 11) is 0. The molecule has 1 aromatic carbocycles. The van der Waals surface area contributed by atoms with Crippen LogP contribution >= 0.6 is 0 Å². The molecular weight excluding hydrogens is 196 g/mol. The van der Waals surface area contributed by atoms with Crippen LogP contribution in [-0.2, 0) is 0 Å². The van der Waals surface area contributed by atoms with Crippen molar-refractivity contribution in [2.75, 3.05) is 6.61 Å². The van der Waals surface area contributed by atoms with E-state index in [-0.39, 0.29) is 0 Å². The van der Waals surface area contributed by atoms with Crippen molar-refractivity contribution in [3.05, 3.63) is 29.3 Å². The van der Waals surface area contributed by atoms with Crippen LogP contribution in [0.25, 0.3) is 0 Å². The summed E-state index contributed by atoms with van der Waals surface area (Å²) in [6, 6.07) is 5.58. The van der Waals surface area contributed by atoms with Crippen LogP contribution < -0.4 is 4.74 Å². The van der Waals surface area contributed by atoms with E-state index in [9.17, 15) is 5.11 Å². The maximum Gasteiger partial charge on any atom is 0.225 e. The predicted octanol–water partition coefficient (Wildman–Crippen LogP) is 0.354. The van der Waals surface area contributed by atoms with Gasteiger partial charge in [-0.05, 0) is 25.0 Å². The van der Waals surface area contributed by atoms with Gasteiger partial charge in [0, 0.05) is 0 Å². The first-order chi connectivity index (χ1) is 7.06. The molecule has 4 nitrogen and oxygen atoms in total. The normalized spacial score (nSPS) is 14.7. The maximum absolute atomic E-state index is 9.39. The summed E-state index contributed by atoms with van der Waals surface area (Å²) < 4.78 is 5.17. The van der Waals surface area contributed by atoms with Gasteiger partial charge in [0.2, 0.25) is 6.29 Å². The van der Waals surface area contributed by atoms with Crippen LogP contribution in [0.4, 0.5) is 0 Å². The van der Waals surface area contributed by atoms with Gasteiger partial charge in [0.05, 0.1) is 6.61 Å². The number of benzene rings is 1. The zero-order valence-electron chi connectivity index (χ0n) is 8.84. The van der Waals surface area contributed by atoms with Crippen LogP contribution in [0.5, 0.6) is 5.75 Å².